The lowest BCUT2D eigenvalue weighted by Crippen LogP contribution is -2.31. The van der Waals surface area contributed by atoms with Crippen LogP contribution in [-0.4, -0.2) is 20.5 Å². The zero-order valence-electron chi connectivity index (χ0n) is 16.8. The molecule has 160 valence electrons. The summed E-state index contributed by atoms with van der Waals surface area (Å²) in [6.45, 7) is 1.70. The number of halogens is 1. The van der Waals surface area contributed by atoms with E-state index in [9.17, 15) is 13.2 Å². The van der Waals surface area contributed by atoms with E-state index in [2.05, 4.69) is 27.5 Å². The molecule has 0 radical (unpaired) electrons. The van der Waals surface area contributed by atoms with Crippen LogP contribution in [0.25, 0.3) is 0 Å². The molecule has 3 N–H and O–H groups in total. The summed E-state index contributed by atoms with van der Waals surface area (Å²) in [5.41, 5.74) is 2.57. The summed E-state index contributed by atoms with van der Waals surface area (Å²) in [5, 5.41) is 6.19. The number of carbonyl (C=O) groups is 1. The van der Waals surface area contributed by atoms with Gasteiger partial charge in [-0.15, -0.1) is 0 Å². The minimum atomic E-state index is -3.84. The number of urea groups is 1. The third-order valence-electron chi connectivity index (χ3n) is 5.17. The highest BCUT2D eigenvalue weighted by Crippen LogP contribution is 2.40. The number of benzene rings is 3. The fourth-order valence-electron chi connectivity index (χ4n) is 3.45. The molecule has 0 bridgehead atoms. The summed E-state index contributed by atoms with van der Waals surface area (Å²) in [7, 11) is -3.84. The normalized spacial score (nSPS) is 17.6. The number of anilines is 2. The molecule has 8 heteroatoms. The Morgan fingerprint density at radius 2 is 1.65 bits per heavy atom. The molecule has 3 aromatic carbocycles. The highest BCUT2D eigenvalue weighted by molar-refractivity contribution is 7.92. The largest absolute Gasteiger partial charge is 0.334 e. The average Bonchev–Trinajstić information content (AvgIpc) is 3.50. The average molecular weight is 456 g/mol. The molecule has 2 unspecified atom stereocenters. The van der Waals surface area contributed by atoms with Gasteiger partial charge in [-0.1, -0.05) is 48.0 Å². The zero-order chi connectivity index (χ0) is 22.0. The Labute approximate surface area is 186 Å². The van der Waals surface area contributed by atoms with E-state index < -0.39 is 10.0 Å². The van der Waals surface area contributed by atoms with Gasteiger partial charge in [-0.05, 0) is 60.9 Å². The predicted molar refractivity (Wildman–Crippen MR) is 123 cm³/mol. The van der Waals surface area contributed by atoms with E-state index >= 15 is 0 Å². The van der Waals surface area contributed by atoms with E-state index in [1.807, 2.05) is 18.2 Å². The van der Waals surface area contributed by atoms with Crippen LogP contribution in [0.2, 0.25) is 5.02 Å². The van der Waals surface area contributed by atoms with E-state index in [0.717, 1.165) is 6.42 Å². The minimum Gasteiger partial charge on any atom is -0.334 e. The quantitative estimate of drug-likeness (QED) is 0.481. The Bertz CT molecular complexity index is 1200. The Balaban J connectivity index is 1.42. The van der Waals surface area contributed by atoms with Crippen molar-refractivity contribution in [1.29, 1.82) is 0 Å². The highest BCUT2D eigenvalue weighted by Gasteiger charge is 2.39. The van der Waals surface area contributed by atoms with Gasteiger partial charge in [0.05, 0.1) is 4.90 Å². The lowest BCUT2D eigenvalue weighted by atomic mass is 10.1. The van der Waals surface area contributed by atoms with E-state index in [0.29, 0.717) is 27.9 Å². The molecule has 31 heavy (non-hydrogen) atoms. The number of amides is 2. The predicted octanol–water partition coefficient (Wildman–Crippen LogP) is 5.13. The Morgan fingerprint density at radius 3 is 2.35 bits per heavy atom. The van der Waals surface area contributed by atoms with Crippen LogP contribution in [0.3, 0.4) is 0 Å². The van der Waals surface area contributed by atoms with Crippen molar-refractivity contribution in [3.8, 4) is 0 Å². The number of hydrogen-bond donors (Lipinski definition) is 3. The van der Waals surface area contributed by atoms with Crippen LogP contribution in [0.4, 0.5) is 16.2 Å². The summed E-state index contributed by atoms with van der Waals surface area (Å²) in [6, 6.07) is 20.9. The zero-order valence-corrected chi connectivity index (χ0v) is 18.4. The lowest BCUT2D eigenvalue weighted by molar-refractivity contribution is 0.251. The fraction of sp³-hybridized carbons (Fsp3) is 0.174. The number of hydrogen-bond acceptors (Lipinski definition) is 3. The maximum absolute atomic E-state index is 12.9. The standard InChI is InChI=1S/C23H22ClN3O3S/c1-15-7-10-19(13-22(15)31(29,30)27-18-11-8-17(24)9-12-18)25-23(28)26-21-14-20(21)16-5-3-2-4-6-16/h2-13,20-21,27H,14H2,1H3,(H2,25,26,28). The molecule has 0 saturated heterocycles. The molecule has 0 aromatic heterocycles. The fourth-order valence-corrected chi connectivity index (χ4v) is 4.91. The SMILES string of the molecule is Cc1ccc(NC(=O)NC2CC2c2ccccc2)cc1S(=O)(=O)Nc1ccc(Cl)cc1. The summed E-state index contributed by atoms with van der Waals surface area (Å²) in [5.74, 6) is 0.310. The lowest BCUT2D eigenvalue weighted by Gasteiger charge is -2.13. The molecule has 2 atom stereocenters. The third-order valence-corrected chi connectivity index (χ3v) is 6.94. The Morgan fingerprint density at radius 1 is 0.968 bits per heavy atom. The topological polar surface area (TPSA) is 87.3 Å². The van der Waals surface area contributed by atoms with Crippen LogP contribution in [0.1, 0.15) is 23.5 Å². The first-order valence-corrected chi connectivity index (χ1v) is 11.7. The number of sulfonamides is 1. The van der Waals surface area contributed by atoms with Crippen LogP contribution >= 0.6 is 11.6 Å². The molecular formula is C23H22ClN3O3S. The minimum absolute atomic E-state index is 0.0719. The monoisotopic (exact) mass is 455 g/mol. The van der Waals surface area contributed by atoms with Crippen molar-refractivity contribution in [3.63, 3.8) is 0 Å². The molecule has 0 spiro atoms. The second-order valence-electron chi connectivity index (χ2n) is 7.55. The van der Waals surface area contributed by atoms with Gasteiger partial charge in [0.15, 0.2) is 0 Å². The molecule has 1 saturated carbocycles. The van der Waals surface area contributed by atoms with Gasteiger partial charge < -0.3 is 10.6 Å². The van der Waals surface area contributed by atoms with Gasteiger partial charge in [0, 0.05) is 28.4 Å². The Hall–Kier alpha value is -3.03. The smallest absolute Gasteiger partial charge is 0.319 e. The van der Waals surface area contributed by atoms with Gasteiger partial charge in [-0.25, -0.2) is 13.2 Å². The van der Waals surface area contributed by atoms with Crippen molar-refractivity contribution in [2.75, 3.05) is 10.0 Å². The maximum atomic E-state index is 12.9. The summed E-state index contributed by atoms with van der Waals surface area (Å²) in [4.78, 5) is 12.5. The van der Waals surface area contributed by atoms with Crippen molar-refractivity contribution in [3.05, 3.63) is 88.9 Å². The van der Waals surface area contributed by atoms with Gasteiger partial charge in [0.25, 0.3) is 10.0 Å². The molecule has 1 aliphatic rings. The number of nitrogens with one attached hydrogen (secondary N) is 3. The molecule has 1 fully saturated rings. The van der Waals surface area contributed by atoms with Gasteiger partial charge in [-0.2, -0.15) is 0 Å². The molecule has 0 aliphatic heterocycles. The molecule has 1 aliphatic carbocycles. The number of aryl methyl sites for hydroxylation is 1. The van der Waals surface area contributed by atoms with Gasteiger partial charge in [0.1, 0.15) is 0 Å². The van der Waals surface area contributed by atoms with E-state index in [4.69, 9.17) is 11.6 Å². The highest BCUT2D eigenvalue weighted by atomic mass is 35.5. The molecule has 0 heterocycles. The first kappa shape index (κ1) is 21.2. The maximum Gasteiger partial charge on any atom is 0.319 e. The first-order chi connectivity index (χ1) is 14.8. The third kappa shape index (κ3) is 5.18. The second-order valence-corrected chi connectivity index (χ2v) is 9.64. The van der Waals surface area contributed by atoms with Crippen LogP contribution in [0.15, 0.2) is 77.7 Å². The number of carbonyl (C=O) groups excluding carboxylic acids is 1. The van der Waals surface area contributed by atoms with Crippen molar-refractivity contribution in [1.82, 2.24) is 5.32 Å². The molecule has 6 nitrogen and oxygen atoms in total. The van der Waals surface area contributed by atoms with Crippen molar-refractivity contribution < 1.29 is 13.2 Å². The molecule has 3 aromatic rings. The van der Waals surface area contributed by atoms with Gasteiger partial charge >= 0.3 is 6.03 Å². The second kappa shape index (κ2) is 8.61. The summed E-state index contributed by atoms with van der Waals surface area (Å²) in [6.07, 6.45) is 0.885. The molecule has 4 rings (SSSR count). The van der Waals surface area contributed by atoms with E-state index in [-0.39, 0.29) is 17.0 Å². The van der Waals surface area contributed by atoms with Gasteiger partial charge in [0.2, 0.25) is 0 Å². The van der Waals surface area contributed by atoms with E-state index in [1.165, 1.54) is 11.6 Å². The van der Waals surface area contributed by atoms with Crippen LogP contribution < -0.4 is 15.4 Å². The van der Waals surface area contributed by atoms with E-state index in [1.54, 1.807) is 43.3 Å². The molecule has 2 amide bonds. The van der Waals surface area contributed by atoms with Gasteiger partial charge in [-0.3, -0.25) is 4.72 Å². The van der Waals surface area contributed by atoms with Crippen molar-refractivity contribution >= 4 is 39.0 Å². The number of rotatable bonds is 6. The molecular weight excluding hydrogens is 434 g/mol. The van der Waals surface area contributed by atoms with Crippen LogP contribution in [0, 0.1) is 6.92 Å². The summed E-state index contributed by atoms with van der Waals surface area (Å²) >= 11 is 5.86. The van der Waals surface area contributed by atoms with Crippen LogP contribution in [0.5, 0.6) is 0 Å². The van der Waals surface area contributed by atoms with Crippen molar-refractivity contribution in [2.24, 2.45) is 0 Å². The first-order valence-electron chi connectivity index (χ1n) is 9.83. The Kier molecular flexibility index (Phi) is 5.89. The van der Waals surface area contributed by atoms with Crippen molar-refractivity contribution in [2.45, 2.75) is 30.2 Å². The van der Waals surface area contributed by atoms with Crippen LogP contribution in [-0.2, 0) is 10.0 Å². The summed E-state index contributed by atoms with van der Waals surface area (Å²) < 4.78 is 28.3.